The van der Waals surface area contributed by atoms with Crippen LogP contribution in [0.5, 0.6) is 0 Å². The van der Waals surface area contributed by atoms with E-state index >= 15 is 0 Å². The molecule has 0 saturated carbocycles. The molecule has 2 aromatic carbocycles. The molecule has 3 nitrogen and oxygen atoms in total. The Bertz CT molecular complexity index is 738. The topological polar surface area (TPSA) is 32.3 Å². The van der Waals surface area contributed by atoms with E-state index in [1.54, 1.807) is 19.1 Å². The number of hydrogen-bond acceptors (Lipinski definition) is 2. The molecule has 1 saturated heterocycles. The lowest BCUT2D eigenvalue weighted by atomic mass is 10.0. The monoisotopic (exact) mass is 340 g/mol. The maximum Gasteiger partial charge on any atom is 0.251 e. The average Bonchev–Trinajstić information content (AvgIpc) is 2.64. The molecule has 132 valence electrons. The Morgan fingerprint density at radius 1 is 1.08 bits per heavy atom. The molecule has 1 amide bonds. The fourth-order valence-electron chi connectivity index (χ4n) is 3.25. The van der Waals surface area contributed by atoms with E-state index < -0.39 is 0 Å². The Labute approximate surface area is 148 Å². The van der Waals surface area contributed by atoms with E-state index in [0.717, 1.165) is 25.2 Å². The second kappa shape index (κ2) is 8.26. The standard InChI is InChI=1S/C21H25FN2O/c1-16-9-10-17(13-20(16)22)21(25)23-14-18-7-3-4-8-19(18)15-24-11-5-2-6-12-24/h3-4,7-10,13H,2,5-6,11-12,14-15H2,1H3,(H,23,25). The van der Waals surface area contributed by atoms with Crippen molar-refractivity contribution in [2.45, 2.75) is 39.3 Å². The van der Waals surface area contributed by atoms with Crippen molar-refractivity contribution in [3.63, 3.8) is 0 Å². The summed E-state index contributed by atoms with van der Waals surface area (Å²) in [6.45, 7) is 5.35. The summed E-state index contributed by atoms with van der Waals surface area (Å²) in [6.07, 6.45) is 3.84. The number of benzene rings is 2. The molecule has 25 heavy (non-hydrogen) atoms. The number of hydrogen-bond donors (Lipinski definition) is 1. The van der Waals surface area contributed by atoms with Crippen molar-refractivity contribution in [3.8, 4) is 0 Å². The number of carbonyl (C=O) groups excluding carboxylic acids is 1. The number of amides is 1. The number of piperidine rings is 1. The Kier molecular flexibility index (Phi) is 5.82. The molecule has 0 unspecified atom stereocenters. The van der Waals surface area contributed by atoms with Gasteiger partial charge in [-0.3, -0.25) is 9.69 Å². The predicted octanol–water partition coefficient (Wildman–Crippen LogP) is 4.05. The zero-order chi connectivity index (χ0) is 17.6. The van der Waals surface area contributed by atoms with Gasteiger partial charge in [0.25, 0.3) is 5.91 Å². The van der Waals surface area contributed by atoms with E-state index in [-0.39, 0.29) is 11.7 Å². The van der Waals surface area contributed by atoms with Gasteiger partial charge in [-0.15, -0.1) is 0 Å². The highest BCUT2D eigenvalue weighted by atomic mass is 19.1. The van der Waals surface area contributed by atoms with Gasteiger partial charge >= 0.3 is 0 Å². The zero-order valence-corrected chi connectivity index (χ0v) is 14.7. The van der Waals surface area contributed by atoms with E-state index in [2.05, 4.69) is 22.3 Å². The molecule has 0 radical (unpaired) electrons. The van der Waals surface area contributed by atoms with Crippen molar-refractivity contribution >= 4 is 5.91 Å². The minimum Gasteiger partial charge on any atom is -0.348 e. The van der Waals surface area contributed by atoms with Crippen LogP contribution in [-0.4, -0.2) is 23.9 Å². The van der Waals surface area contributed by atoms with Crippen LogP contribution in [0.4, 0.5) is 4.39 Å². The smallest absolute Gasteiger partial charge is 0.251 e. The average molecular weight is 340 g/mol. The van der Waals surface area contributed by atoms with Crippen LogP contribution in [-0.2, 0) is 13.1 Å². The van der Waals surface area contributed by atoms with E-state index in [4.69, 9.17) is 0 Å². The first-order valence-corrected chi connectivity index (χ1v) is 8.97. The van der Waals surface area contributed by atoms with Gasteiger partial charge in [0.2, 0.25) is 0 Å². The van der Waals surface area contributed by atoms with Crippen LogP contribution in [0.25, 0.3) is 0 Å². The second-order valence-corrected chi connectivity index (χ2v) is 6.75. The van der Waals surface area contributed by atoms with Gasteiger partial charge in [-0.05, 0) is 61.7 Å². The van der Waals surface area contributed by atoms with Crippen LogP contribution in [0.2, 0.25) is 0 Å². The highest BCUT2D eigenvalue weighted by molar-refractivity contribution is 5.94. The lowest BCUT2D eigenvalue weighted by Gasteiger charge is -2.27. The van der Waals surface area contributed by atoms with Gasteiger partial charge in [-0.25, -0.2) is 4.39 Å². The van der Waals surface area contributed by atoms with Crippen molar-refractivity contribution < 1.29 is 9.18 Å². The summed E-state index contributed by atoms with van der Waals surface area (Å²) in [4.78, 5) is 14.8. The summed E-state index contributed by atoms with van der Waals surface area (Å²) < 4.78 is 13.6. The van der Waals surface area contributed by atoms with Crippen molar-refractivity contribution in [2.75, 3.05) is 13.1 Å². The maximum absolute atomic E-state index is 13.6. The molecule has 0 spiro atoms. The van der Waals surface area contributed by atoms with Crippen molar-refractivity contribution in [1.82, 2.24) is 10.2 Å². The third-order valence-electron chi connectivity index (χ3n) is 4.83. The summed E-state index contributed by atoms with van der Waals surface area (Å²) >= 11 is 0. The Morgan fingerprint density at radius 3 is 2.52 bits per heavy atom. The lowest BCUT2D eigenvalue weighted by molar-refractivity contribution is 0.0950. The fraction of sp³-hybridized carbons (Fsp3) is 0.381. The first-order chi connectivity index (χ1) is 12.1. The van der Waals surface area contributed by atoms with E-state index in [9.17, 15) is 9.18 Å². The van der Waals surface area contributed by atoms with Gasteiger partial charge in [0.05, 0.1) is 0 Å². The molecule has 0 aliphatic carbocycles. The summed E-state index contributed by atoms with van der Waals surface area (Å²) in [5.41, 5.74) is 3.27. The van der Waals surface area contributed by atoms with Crippen LogP contribution >= 0.6 is 0 Å². The fourth-order valence-corrected chi connectivity index (χ4v) is 3.25. The van der Waals surface area contributed by atoms with Crippen molar-refractivity contribution in [1.29, 1.82) is 0 Å². The number of carbonyl (C=O) groups is 1. The largest absolute Gasteiger partial charge is 0.348 e. The Balaban J connectivity index is 1.64. The molecule has 1 aliphatic rings. The second-order valence-electron chi connectivity index (χ2n) is 6.75. The molecular weight excluding hydrogens is 315 g/mol. The van der Waals surface area contributed by atoms with Crippen LogP contribution < -0.4 is 5.32 Å². The SMILES string of the molecule is Cc1ccc(C(=O)NCc2ccccc2CN2CCCCC2)cc1F. The molecule has 1 N–H and O–H groups in total. The molecule has 1 aliphatic heterocycles. The van der Waals surface area contributed by atoms with E-state index in [1.807, 2.05) is 12.1 Å². The van der Waals surface area contributed by atoms with Crippen LogP contribution in [0.1, 0.15) is 46.3 Å². The normalized spacial score (nSPS) is 15.1. The first kappa shape index (κ1) is 17.6. The van der Waals surface area contributed by atoms with Gasteiger partial charge in [0.15, 0.2) is 0 Å². The van der Waals surface area contributed by atoms with Gasteiger partial charge in [-0.1, -0.05) is 36.8 Å². The molecule has 1 fully saturated rings. The number of nitrogens with zero attached hydrogens (tertiary/aromatic N) is 1. The molecule has 0 atom stereocenters. The summed E-state index contributed by atoms with van der Waals surface area (Å²) in [6, 6.07) is 12.8. The first-order valence-electron chi connectivity index (χ1n) is 8.97. The predicted molar refractivity (Wildman–Crippen MR) is 97.9 cm³/mol. The molecule has 1 heterocycles. The molecule has 0 aromatic heterocycles. The van der Waals surface area contributed by atoms with E-state index in [1.165, 1.54) is 30.9 Å². The van der Waals surface area contributed by atoms with Gasteiger partial charge in [-0.2, -0.15) is 0 Å². The van der Waals surface area contributed by atoms with Gasteiger partial charge in [0.1, 0.15) is 5.82 Å². The number of nitrogens with one attached hydrogen (secondary N) is 1. The Morgan fingerprint density at radius 2 is 1.80 bits per heavy atom. The third-order valence-corrected chi connectivity index (χ3v) is 4.83. The van der Waals surface area contributed by atoms with Crippen molar-refractivity contribution in [3.05, 3.63) is 70.5 Å². The molecule has 2 aromatic rings. The quantitative estimate of drug-likeness (QED) is 0.890. The number of likely N-dealkylation sites (tertiary alicyclic amines) is 1. The minimum absolute atomic E-state index is 0.244. The zero-order valence-electron chi connectivity index (χ0n) is 14.7. The molecular formula is C21H25FN2O. The van der Waals surface area contributed by atoms with Gasteiger partial charge < -0.3 is 5.32 Å². The van der Waals surface area contributed by atoms with Crippen molar-refractivity contribution in [2.24, 2.45) is 0 Å². The lowest BCUT2D eigenvalue weighted by Crippen LogP contribution is -2.30. The van der Waals surface area contributed by atoms with Crippen LogP contribution in [0.15, 0.2) is 42.5 Å². The van der Waals surface area contributed by atoms with Crippen LogP contribution in [0.3, 0.4) is 0 Å². The van der Waals surface area contributed by atoms with Gasteiger partial charge in [0, 0.05) is 18.7 Å². The molecule has 3 rings (SSSR count). The van der Waals surface area contributed by atoms with E-state index in [0.29, 0.717) is 17.7 Å². The molecule has 0 bridgehead atoms. The number of aryl methyl sites for hydroxylation is 1. The third kappa shape index (κ3) is 4.67. The highest BCUT2D eigenvalue weighted by Gasteiger charge is 2.13. The number of rotatable bonds is 5. The Hall–Kier alpha value is -2.20. The summed E-state index contributed by atoms with van der Waals surface area (Å²) in [7, 11) is 0. The highest BCUT2D eigenvalue weighted by Crippen LogP contribution is 2.16. The number of halogens is 1. The minimum atomic E-state index is -0.349. The summed E-state index contributed by atoms with van der Waals surface area (Å²) in [5, 5.41) is 2.92. The summed E-state index contributed by atoms with van der Waals surface area (Å²) in [5.74, 6) is -0.593. The maximum atomic E-state index is 13.6. The molecule has 4 heteroatoms. The van der Waals surface area contributed by atoms with Crippen LogP contribution in [0, 0.1) is 12.7 Å².